The van der Waals surface area contributed by atoms with E-state index < -0.39 is 10.0 Å². The lowest BCUT2D eigenvalue weighted by Crippen LogP contribution is -2.59. The lowest BCUT2D eigenvalue weighted by Gasteiger charge is -2.43. The molecule has 0 spiro atoms. The van der Waals surface area contributed by atoms with Gasteiger partial charge in [0.05, 0.1) is 19.3 Å². The van der Waals surface area contributed by atoms with Crippen molar-refractivity contribution < 1.29 is 17.9 Å². The summed E-state index contributed by atoms with van der Waals surface area (Å²) in [7, 11) is -0.637. The van der Waals surface area contributed by atoms with E-state index in [0.29, 0.717) is 30.2 Å². The second-order valence-electron chi connectivity index (χ2n) is 8.24. The van der Waals surface area contributed by atoms with Crippen LogP contribution in [0.25, 0.3) is 0 Å². The molecular formula is C21H30ClN5O4S. The summed E-state index contributed by atoms with van der Waals surface area (Å²) in [4.78, 5) is 14.7. The number of anilines is 1. The summed E-state index contributed by atoms with van der Waals surface area (Å²) in [5, 5.41) is 7.16. The number of hydrogen-bond donors (Lipinski definition) is 1. The molecule has 2 heterocycles. The fourth-order valence-corrected chi connectivity index (χ4v) is 6.91. The standard InChI is InChI=1S/C21H30ClN5O4S/c1-13-10-26(12-19(28)23-17-8-7-9-18(31-6)15(17)3)11-14(2)27(13)32(29,30)20-16(4)24-25(5)21(20)22/h7-9,13-14H,10-12H2,1-6H3,(H,23,28). The Kier molecular flexibility index (Phi) is 7.18. The van der Waals surface area contributed by atoms with Crippen LogP contribution in [-0.2, 0) is 21.9 Å². The maximum Gasteiger partial charge on any atom is 0.248 e. The van der Waals surface area contributed by atoms with Crippen molar-refractivity contribution in [1.82, 2.24) is 19.0 Å². The number of carbonyl (C=O) groups is 1. The molecule has 1 aromatic carbocycles. The number of sulfonamides is 1. The maximum absolute atomic E-state index is 13.4. The van der Waals surface area contributed by atoms with Crippen LogP contribution < -0.4 is 10.1 Å². The van der Waals surface area contributed by atoms with Gasteiger partial charge in [0.2, 0.25) is 15.9 Å². The maximum atomic E-state index is 13.4. The molecule has 9 nitrogen and oxygen atoms in total. The third-order valence-corrected chi connectivity index (χ3v) is 8.52. The summed E-state index contributed by atoms with van der Waals surface area (Å²) in [6, 6.07) is 4.80. The molecule has 0 radical (unpaired) electrons. The van der Waals surface area contributed by atoms with Crippen LogP contribution in [0.15, 0.2) is 23.1 Å². The molecular weight excluding hydrogens is 454 g/mol. The summed E-state index contributed by atoms with van der Waals surface area (Å²) in [5.74, 6) is 0.538. The zero-order valence-electron chi connectivity index (χ0n) is 19.2. The van der Waals surface area contributed by atoms with Crippen LogP contribution in [0, 0.1) is 13.8 Å². The van der Waals surface area contributed by atoms with Crippen LogP contribution in [0.1, 0.15) is 25.1 Å². The molecule has 1 aromatic heterocycles. The minimum atomic E-state index is -3.84. The normalized spacial score (nSPS) is 20.3. The first kappa shape index (κ1) is 24.5. The van der Waals surface area contributed by atoms with Crippen molar-refractivity contribution >= 4 is 33.2 Å². The van der Waals surface area contributed by atoms with Crippen molar-refractivity contribution in [3.8, 4) is 5.75 Å². The fourth-order valence-electron chi connectivity index (χ4n) is 4.39. The van der Waals surface area contributed by atoms with Gasteiger partial charge in [0, 0.05) is 43.5 Å². The summed E-state index contributed by atoms with van der Waals surface area (Å²) >= 11 is 6.24. The molecule has 2 aromatic rings. The smallest absolute Gasteiger partial charge is 0.248 e. The zero-order valence-corrected chi connectivity index (χ0v) is 20.8. The highest BCUT2D eigenvalue weighted by molar-refractivity contribution is 7.89. The molecule has 1 amide bonds. The Morgan fingerprint density at radius 1 is 1.25 bits per heavy atom. The van der Waals surface area contributed by atoms with Gasteiger partial charge in [0.25, 0.3) is 0 Å². The predicted molar refractivity (Wildman–Crippen MR) is 124 cm³/mol. The molecule has 0 bridgehead atoms. The van der Waals surface area contributed by atoms with Crippen LogP contribution in [0.3, 0.4) is 0 Å². The molecule has 2 atom stereocenters. The Balaban J connectivity index is 1.72. The largest absolute Gasteiger partial charge is 0.496 e. The molecule has 0 saturated carbocycles. The predicted octanol–water partition coefficient (Wildman–Crippen LogP) is 2.42. The Hall–Kier alpha value is -2.14. The lowest BCUT2D eigenvalue weighted by atomic mass is 10.1. The van der Waals surface area contributed by atoms with Crippen molar-refractivity contribution in [1.29, 1.82) is 0 Å². The van der Waals surface area contributed by atoms with Gasteiger partial charge in [-0.1, -0.05) is 17.7 Å². The minimum Gasteiger partial charge on any atom is -0.496 e. The SMILES string of the molecule is COc1cccc(NC(=O)CN2CC(C)N(S(=O)(=O)c3c(C)nn(C)c3Cl)C(C)C2)c1C. The number of amides is 1. The summed E-state index contributed by atoms with van der Waals surface area (Å²) in [6.45, 7) is 8.19. The third kappa shape index (κ3) is 4.63. The second-order valence-corrected chi connectivity index (χ2v) is 10.4. The van der Waals surface area contributed by atoms with Crippen LogP contribution >= 0.6 is 11.6 Å². The van der Waals surface area contributed by atoms with Crippen molar-refractivity contribution in [3.63, 3.8) is 0 Å². The summed E-state index contributed by atoms with van der Waals surface area (Å²) < 4.78 is 35.0. The number of aryl methyl sites for hydroxylation is 2. The van der Waals surface area contributed by atoms with E-state index in [9.17, 15) is 13.2 Å². The van der Waals surface area contributed by atoms with Crippen molar-refractivity contribution in [3.05, 3.63) is 34.6 Å². The first-order valence-corrected chi connectivity index (χ1v) is 12.2. The number of ether oxygens (including phenoxy) is 1. The van der Waals surface area contributed by atoms with Gasteiger partial charge in [-0.3, -0.25) is 14.4 Å². The van der Waals surface area contributed by atoms with E-state index in [1.807, 2.05) is 43.9 Å². The van der Waals surface area contributed by atoms with Gasteiger partial charge in [-0.25, -0.2) is 8.42 Å². The lowest BCUT2D eigenvalue weighted by molar-refractivity contribution is -0.118. The number of aromatic nitrogens is 2. The van der Waals surface area contributed by atoms with Crippen molar-refractivity contribution in [2.75, 3.05) is 32.1 Å². The van der Waals surface area contributed by atoms with Crippen LogP contribution in [-0.4, -0.2) is 72.1 Å². The quantitative estimate of drug-likeness (QED) is 0.677. The van der Waals surface area contributed by atoms with E-state index in [1.54, 1.807) is 21.1 Å². The molecule has 32 heavy (non-hydrogen) atoms. The molecule has 0 aliphatic carbocycles. The zero-order chi connectivity index (χ0) is 23.8. The van der Waals surface area contributed by atoms with Crippen LogP contribution in [0.2, 0.25) is 5.15 Å². The number of benzene rings is 1. The number of nitrogens with zero attached hydrogens (tertiary/aromatic N) is 4. The van der Waals surface area contributed by atoms with Gasteiger partial charge < -0.3 is 10.1 Å². The number of rotatable bonds is 6. The van der Waals surface area contributed by atoms with Gasteiger partial charge in [-0.2, -0.15) is 9.40 Å². The number of piperazine rings is 1. The Labute approximate surface area is 194 Å². The number of nitrogens with one attached hydrogen (secondary N) is 1. The highest BCUT2D eigenvalue weighted by Gasteiger charge is 2.41. The van der Waals surface area contributed by atoms with Crippen LogP contribution in [0.5, 0.6) is 5.75 Å². The second kappa shape index (κ2) is 9.38. The highest BCUT2D eigenvalue weighted by Crippen LogP contribution is 2.32. The first-order valence-electron chi connectivity index (χ1n) is 10.4. The molecule has 1 fully saturated rings. The summed E-state index contributed by atoms with van der Waals surface area (Å²) in [5.41, 5.74) is 1.91. The van der Waals surface area contributed by atoms with E-state index >= 15 is 0 Å². The average molecular weight is 484 g/mol. The Morgan fingerprint density at radius 2 is 1.88 bits per heavy atom. The fraction of sp³-hybridized carbons (Fsp3) is 0.524. The number of methoxy groups -OCH3 is 1. The molecule has 1 saturated heterocycles. The van der Waals surface area contributed by atoms with E-state index in [1.165, 1.54) is 8.99 Å². The average Bonchev–Trinajstić information content (AvgIpc) is 2.94. The van der Waals surface area contributed by atoms with E-state index in [4.69, 9.17) is 16.3 Å². The molecule has 2 unspecified atom stereocenters. The Bertz CT molecular complexity index is 1110. The third-order valence-electron chi connectivity index (χ3n) is 5.69. The molecule has 1 aliphatic heterocycles. The molecule has 176 valence electrons. The van der Waals surface area contributed by atoms with Gasteiger partial charge in [0.1, 0.15) is 15.8 Å². The first-order chi connectivity index (χ1) is 15.0. The van der Waals surface area contributed by atoms with Gasteiger partial charge >= 0.3 is 0 Å². The van der Waals surface area contributed by atoms with E-state index in [-0.39, 0.29) is 34.6 Å². The van der Waals surface area contributed by atoms with Gasteiger partial charge in [-0.05, 0) is 39.8 Å². The number of hydrogen-bond acceptors (Lipinski definition) is 6. The van der Waals surface area contributed by atoms with Gasteiger partial charge in [-0.15, -0.1) is 0 Å². The number of halogens is 1. The van der Waals surface area contributed by atoms with Crippen molar-refractivity contribution in [2.24, 2.45) is 7.05 Å². The molecule has 1 N–H and O–H groups in total. The van der Waals surface area contributed by atoms with Gasteiger partial charge in [0.15, 0.2) is 0 Å². The highest BCUT2D eigenvalue weighted by atomic mass is 35.5. The Morgan fingerprint density at radius 3 is 2.41 bits per heavy atom. The van der Waals surface area contributed by atoms with Crippen molar-refractivity contribution in [2.45, 2.75) is 44.7 Å². The minimum absolute atomic E-state index is 0.0417. The van der Waals surface area contributed by atoms with Crippen LogP contribution in [0.4, 0.5) is 5.69 Å². The molecule has 1 aliphatic rings. The van der Waals surface area contributed by atoms with E-state index in [2.05, 4.69) is 10.4 Å². The monoisotopic (exact) mass is 483 g/mol. The van der Waals surface area contributed by atoms with E-state index in [0.717, 1.165) is 5.56 Å². The number of carbonyl (C=O) groups excluding carboxylic acids is 1. The summed E-state index contributed by atoms with van der Waals surface area (Å²) in [6.07, 6.45) is 0. The molecule has 11 heteroatoms. The molecule has 3 rings (SSSR count). The topological polar surface area (TPSA) is 96.8 Å².